The van der Waals surface area contributed by atoms with Crippen molar-refractivity contribution in [3.8, 4) is 0 Å². The second kappa shape index (κ2) is 14.0. The second-order valence-corrected chi connectivity index (χ2v) is 9.57. The zero-order valence-electron chi connectivity index (χ0n) is 22.2. The Morgan fingerprint density at radius 1 is 0.951 bits per heavy atom. The Kier molecular flexibility index (Phi) is 10.5. The van der Waals surface area contributed by atoms with Crippen molar-refractivity contribution in [1.29, 1.82) is 0 Å². The first-order chi connectivity index (χ1) is 19.5. The van der Waals surface area contributed by atoms with Crippen molar-refractivity contribution in [1.82, 2.24) is 30.9 Å². The number of aromatic amines is 2. The number of aliphatic carboxylic acids is 2. The molecule has 0 spiro atoms. The number of carboxylic acid groups (broad SMARTS) is 2. The fourth-order valence-corrected chi connectivity index (χ4v) is 4.19. The molecule has 15 nitrogen and oxygen atoms in total. The molecule has 3 rings (SSSR count). The lowest BCUT2D eigenvalue weighted by Crippen LogP contribution is -2.59. The molecule has 0 radical (unpaired) electrons. The fourth-order valence-electron chi connectivity index (χ4n) is 4.19. The van der Waals surface area contributed by atoms with E-state index in [1.54, 1.807) is 6.20 Å². The van der Waals surface area contributed by atoms with Gasteiger partial charge in [-0.1, -0.05) is 18.2 Å². The van der Waals surface area contributed by atoms with Crippen LogP contribution in [0, 0.1) is 0 Å². The summed E-state index contributed by atoms with van der Waals surface area (Å²) >= 11 is 0. The van der Waals surface area contributed by atoms with E-state index in [2.05, 4.69) is 30.9 Å². The molecule has 2 heterocycles. The Hall–Kier alpha value is -4.76. The van der Waals surface area contributed by atoms with Crippen molar-refractivity contribution in [3.63, 3.8) is 0 Å². The van der Waals surface area contributed by atoms with Gasteiger partial charge in [0, 0.05) is 41.8 Å². The van der Waals surface area contributed by atoms with Gasteiger partial charge in [0.15, 0.2) is 6.04 Å². The number of nitrogens with one attached hydrogen (secondary N) is 5. The summed E-state index contributed by atoms with van der Waals surface area (Å²) in [4.78, 5) is 71.7. The van der Waals surface area contributed by atoms with Crippen molar-refractivity contribution >= 4 is 40.6 Å². The zero-order valence-corrected chi connectivity index (χ0v) is 22.2. The molecule has 0 saturated heterocycles. The molecule has 0 aliphatic carbocycles. The van der Waals surface area contributed by atoms with Gasteiger partial charge in [-0.05, 0) is 31.4 Å². The van der Waals surface area contributed by atoms with E-state index in [1.807, 2.05) is 24.3 Å². The molecule has 220 valence electrons. The van der Waals surface area contributed by atoms with Gasteiger partial charge in [-0.3, -0.25) is 19.2 Å². The van der Waals surface area contributed by atoms with Crippen LogP contribution in [0.5, 0.6) is 0 Å². The first-order valence-electron chi connectivity index (χ1n) is 12.8. The lowest BCUT2D eigenvalue weighted by molar-refractivity contribution is -0.145. The van der Waals surface area contributed by atoms with Gasteiger partial charge in [-0.15, -0.1) is 0 Å². The van der Waals surface area contributed by atoms with Crippen LogP contribution in [-0.4, -0.2) is 90.2 Å². The van der Waals surface area contributed by atoms with Crippen molar-refractivity contribution in [2.45, 2.75) is 62.9 Å². The van der Waals surface area contributed by atoms with Crippen LogP contribution in [0.25, 0.3) is 10.9 Å². The molecule has 10 N–H and O–H groups in total. The monoisotopic (exact) mass is 571 g/mol. The number of hydrogen-bond acceptors (Lipinski definition) is 8. The van der Waals surface area contributed by atoms with E-state index in [4.69, 9.17) is 5.73 Å². The van der Waals surface area contributed by atoms with Gasteiger partial charge in [0.2, 0.25) is 17.7 Å². The number of amides is 3. The average Bonchev–Trinajstić information content (AvgIpc) is 3.58. The van der Waals surface area contributed by atoms with Crippen molar-refractivity contribution < 1.29 is 39.3 Å². The normalized spacial score (nSPS) is 14.8. The molecule has 41 heavy (non-hydrogen) atoms. The smallest absolute Gasteiger partial charge is 0.328 e. The highest BCUT2D eigenvalue weighted by atomic mass is 16.4. The van der Waals surface area contributed by atoms with Gasteiger partial charge >= 0.3 is 11.9 Å². The number of para-hydroxylation sites is 1. The molecule has 0 saturated carbocycles. The lowest BCUT2D eigenvalue weighted by Gasteiger charge is -2.25. The van der Waals surface area contributed by atoms with Crippen molar-refractivity contribution in [2.24, 2.45) is 5.73 Å². The number of nitrogens with zero attached hydrogens (tertiary/aromatic N) is 1. The molecule has 3 amide bonds. The van der Waals surface area contributed by atoms with Crippen LogP contribution in [-0.2, 0) is 36.8 Å². The van der Waals surface area contributed by atoms with Gasteiger partial charge in [-0.25, -0.2) is 9.78 Å². The molecular weight excluding hydrogens is 538 g/mol. The summed E-state index contributed by atoms with van der Waals surface area (Å²) in [5.74, 6) is -5.23. The van der Waals surface area contributed by atoms with Crippen LogP contribution in [0.4, 0.5) is 0 Å². The number of carbonyl (C=O) groups is 5. The molecule has 3 aromatic rings. The standard InChI is InChI=1S/C26H33N7O8/c1-13(34)22(26(40)41)33-25(39)20(9-15-11-28-12-30-15)32-24(38)19(6-7-21(35)36)31-23(37)17(27)8-14-10-29-18-5-3-2-4-16(14)18/h2-5,10-13,17,19-20,22,29,34H,6-9,27H2,1H3,(H,28,30)(H,31,37)(H,32,38)(H,33,39)(H,35,36)(H,40,41). The first kappa shape index (κ1) is 30.8. The highest BCUT2D eigenvalue weighted by Gasteiger charge is 2.32. The van der Waals surface area contributed by atoms with Crippen LogP contribution in [0.2, 0.25) is 0 Å². The van der Waals surface area contributed by atoms with E-state index < -0.39 is 66.4 Å². The number of hydrogen-bond donors (Lipinski definition) is 9. The minimum Gasteiger partial charge on any atom is -0.481 e. The number of rotatable bonds is 15. The predicted octanol–water partition coefficient (Wildman–Crippen LogP) is -1.21. The summed E-state index contributed by atoms with van der Waals surface area (Å²) < 4.78 is 0. The molecule has 2 aromatic heterocycles. The largest absolute Gasteiger partial charge is 0.481 e. The number of nitrogens with two attached hydrogens (primary N) is 1. The maximum atomic E-state index is 13.3. The van der Waals surface area contributed by atoms with E-state index in [0.717, 1.165) is 16.5 Å². The third-order valence-electron chi connectivity index (χ3n) is 6.39. The van der Waals surface area contributed by atoms with Gasteiger partial charge in [-0.2, -0.15) is 0 Å². The first-order valence-corrected chi connectivity index (χ1v) is 12.8. The second-order valence-electron chi connectivity index (χ2n) is 9.57. The Morgan fingerprint density at radius 2 is 1.63 bits per heavy atom. The van der Waals surface area contributed by atoms with Crippen molar-refractivity contribution in [3.05, 3.63) is 54.2 Å². The van der Waals surface area contributed by atoms with E-state index >= 15 is 0 Å². The van der Waals surface area contributed by atoms with Gasteiger partial charge < -0.3 is 47.0 Å². The highest BCUT2D eigenvalue weighted by Crippen LogP contribution is 2.19. The van der Waals surface area contributed by atoms with E-state index in [-0.39, 0.29) is 19.3 Å². The summed E-state index contributed by atoms with van der Waals surface area (Å²) in [5, 5.41) is 36.2. The van der Waals surface area contributed by atoms with Crippen LogP contribution >= 0.6 is 0 Å². The molecule has 5 atom stereocenters. The number of aliphatic hydroxyl groups is 1. The number of aliphatic hydroxyl groups excluding tert-OH is 1. The minimum atomic E-state index is -1.66. The summed E-state index contributed by atoms with van der Waals surface area (Å²) in [6.45, 7) is 1.18. The Bertz CT molecular complexity index is 1370. The number of imidazole rings is 1. The molecule has 0 aliphatic heterocycles. The highest BCUT2D eigenvalue weighted by molar-refractivity contribution is 5.94. The molecule has 0 aliphatic rings. The zero-order chi connectivity index (χ0) is 30.1. The Morgan fingerprint density at radius 3 is 2.27 bits per heavy atom. The molecule has 15 heteroatoms. The molecule has 5 unspecified atom stereocenters. The average molecular weight is 572 g/mol. The lowest BCUT2D eigenvalue weighted by atomic mass is 10.0. The minimum absolute atomic E-state index is 0.129. The third-order valence-corrected chi connectivity index (χ3v) is 6.39. The van der Waals surface area contributed by atoms with E-state index in [0.29, 0.717) is 5.69 Å². The SMILES string of the molecule is CC(O)C(NC(=O)C(Cc1cnc[nH]1)NC(=O)C(CCC(=O)O)NC(=O)C(N)Cc1c[nH]c2ccccc12)C(=O)O. The number of benzene rings is 1. The fraction of sp³-hybridized carbons (Fsp3) is 0.385. The molecule has 0 fully saturated rings. The summed E-state index contributed by atoms with van der Waals surface area (Å²) in [5.41, 5.74) is 8.18. The predicted molar refractivity (Wildman–Crippen MR) is 144 cm³/mol. The molecular formula is C26H33N7O8. The number of carboxylic acids is 2. The summed E-state index contributed by atoms with van der Waals surface area (Å²) in [6, 6.07) is 1.94. The Balaban J connectivity index is 1.75. The third kappa shape index (κ3) is 8.61. The van der Waals surface area contributed by atoms with E-state index in [9.17, 15) is 39.3 Å². The maximum Gasteiger partial charge on any atom is 0.328 e. The topological polar surface area (TPSA) is 253 Å². The van der Waals surface area contributed by atoms with Gasteiger partial charge in [0.25, 0.3) is 0 Å². The molecule has 1 aromatic carbocycles. The van der Waals surface area contributed by atoms with Crippen molar-refractivity contribution in [2.75, 3.05) is 0 Å². The maximum absolute atomic E-state index is 13.3. The van der Waals surface area contributed by atoms with Gasteiger partial charge in [0.05, 0.1) is 18.5 Å². The number of fused-ring (bicyclic) bond motifs is 1. The van der Waals surface area contributed by atoms with Crippen LogP contribution in [0.15, 0.2) is 43.0 Å². The summed E-state index contributed by atoms with van der Waals surface area (Å²) in [6.07, 6.45) is 2.21. The quantitative estimate of drug-likeness (QED) is 0.105. The Labute approximate surface area is 233 Å². The van der Waals surface area contributed by atoms with Crippen LogP contribution in [0.1, 0.15) is 31.0 Å². The summed E-state index contributed by atoms with van der Waals surface area (Å²) in [7, 11) is 0. The molecule has 0 bridgehead atoms. The number of aromatic nitrogens is 3. The van der Waals surface area contributed by atoms with Crippen LogP contribution in [0.3, 0.4) is 0 Å². The van der Waals surface area contributed by atoms with Gasteiger partial charge in [0.1, 0.15) is 12.1 Å². The van der Waals surface area contributed by atoms with E-state index in [1.165, 1.54) is 19.4 Å². The van der Waals surface area contributed by atoms with Crippen LogP contribution < -0.4 is 21.7 Å². The number of H-pyrrole nitrogens is 2. The number of carbonyl (C=O) groups excluding carboxylic acids is 3.